The molecule has 0 aromatic heterocycles. The van der Waals surface area contributed by atoms with Gasteiger partial charge in [0.25, 0.3) is 0 Å². The molecule has 17 heavy (non-hydrogen) atoms. The Balaban J connectivity index is 1.87. The van der Waals surface area contributed by atoms with E-state index in [0.717, 1.165) is 17.4 Å². The lowest BCUT2D eigenvalue weighted by molar-refractivity contribution is 0.549. The molecule has 1 unspecified atom stereocenters. The van der Waals surface area contributed by atoms with Gasteiger partial charge in [0.2, 0.25) is 0 Å². The van der Waals surface area contributed by atoms with Crippen molar-refractivity contribution in [1.29, 1.82) is 0 Å². The van der Waals surface area contributed by atoms with Crippen LogP contribution in [0.15, 0.2) is 52.6 Å². The highest BCUT2D eigenvalue weighted by molar-refractivity contribution is 6.32. The fraction of sp³-hybridized carbons (Fsp3) is 0.214. The molecule has 0 spiro atoms. The molecular weight excluding hydrogens is 232 g/mol. The molecule has 1 aromatic rings. The van der Waals surface area contributed by atoms with Crippen LogP contribution in [0, 0.1) is 6.92 Å². The van der Waals surface area contributed by atoms with Crippen molar-refractivity contribution in [3.63, 3.8) is 0 Å². The SMILES string of the molecule is Cc1ccc(C2CN3C=C(Cl)C=CC3=N2)cc1. The summed E-state index contributed by atoms with van der Waals surface area (Å²) in [5, 5.41) is 0.758. The van der Waals surface area contributed by atoms with Crippen LogP contribution in [0.5, 0.6) is 0 Å². The van der Waals surface area contributed by atoms with Crippen LogP contribution in [0.4, 0.5) is 0 Å². The summed E-state index contributed by atoms with van der Waals surface area (Å²) >= 11 is 5.98. The average molecular weight is 245 g/mol. The van der Waals surface area contributed by atoms with Crippen molar-refractivity contribution < 1.29 is 0 Å². The van der Waals surface area contributed by atoms with Gasteiger partial charge in [0.05, 0.1) is 17.6 Å². The molecule has 0 bridgehead atoms. The topological polar surface area (TPSA) is 15.6 Å². The van der Waals surface area contributed by atoms with E-state index in [2.05, 4.69) is 36.1 Å². The minimum atomic E-state index is 0.217. The lowest BCUT2D eigenvalue weighted by Gasteiger charge is -2.17. The molecule has 3 rings (SSSR count). The fourth-order valence-corrected chi connectivity index (χ4v) is 2.31. The summed E-state index contributed by atoms with van der Waals surface area (Å²) in [5.41, 5.74) is 2.54. The van der Waals surface area contributed by atoms with Crippen LogP contribution < -0.4 is 0 Å². The molecule has 86 valence electrons. The smallest absolute Gasteiger partial charge is 0.128 e. The van der Waals surface area contributed by atoms with Gasteiger partial charge in [-0.15, -0.1) is 0 Å². The summed E-state index contributed by atoms with van der Waals surface area (Å²) < 4.78 is 0. The molecule has 0 amide bonds. The number of hydrogen-bond acceptors (Lipinski definition) is 2. The van der Waals surface area contributed by atoms with Crippen molar-refractivity contribution in [2.45, 2.75) is 13.0 Å². The molecule has 0 N–H and O–H groups in total. The quantitative estimate of drug-likeness (QED) is 0.739. The van der Waals surface area contributed by atoms with Crippen LogP contribution in [0.2, 0.25) is 0 Å². The van der Waals surface area contributed by atoms with Crippen LogP contribution in [-0.2, 0) is 0 Å². The van der Waals surface area contributed by atoms with Crippen LogP contribution >= 0.6 is 11.6 Å². The molecule has 1 aromatic carbocycles. The maximum Gasteiger partial charge on any atom is 0.128 e. The number of halogens is 1. The molecular formula is C14H13ClN2. The van der Waals surface area contributed by atoms with Crippen LogP contribution in [0.25, 0.3) is 0 Å². The van der Waals surface area contributed by atoms with E-state index in [1.807, 2.05) is 18.4 Å². The Kier molecular flexibility index (Phi) is 2.52. The first-order chi connectivity index (χ1) is 8.22. The number of aliphatic imine (C=N–C) groups is 1. The van der Waals surface area contributed by atoms with E-state index in [-0.39, 0.29) is 6.04 Å². The fourth-order valence-electron chi connectivity index (χ4n) is 2.13. The second-order valence-electron chi connectivity index (χ2n) is 4.41. The predicted octanol–water partition coefficient (Wildman–Crippen LogP) is 3.40. The van der Waals surface area contributed by atoms with Crippen LogP contribution in [0.1, 0.15) is 17.2 Å². The normalized spacial score (nSPS) is 22.2. The molecule has 0 saturated heterocycles. The van der Waals surface area contributed by atoms with E-state index in [1.54, 1.807) is 0 Å². The first kappa shape index (κ1) is 10.6. The number of allylic oxidation sites excluding steroid dienone is 2. The van der Waals surface area contributed by atoms with Crippen molar-refractivity contribution in [3.05, 3.63) is 58.8 Å². The molecule has 2 aliphatic heterocycles. The van der Waals surface area contributed by atoms with Gasteiger partial charge < -0.3 is 4.90 Å². The Labute approximate surface area is 106 Å². The van der Waals surface area contributed by atoms with Crippen LogP contribution in [-0.4, -0.2) is 17.3 Å². The second-order valence-corrected chi connectivity index (χ2v) is 4.85. The van der Waals surface area contributed by atoms with Gasteiger partial charge in [0.15, 0.2) is 0 Å². The predicted molar refractivity (Wildman–Crippen MR) is 71.1 cm³/mol. The maximum absolute atomic E-state index is 5.98. The van der Waals surface area contributed by atoms with Crippen molar-refractivity contribution in [2.75, 3.05) is 6.54 Å². The number of rotatable bonds is 1. The molecule has 1 atom stereocenters. The van der Waals surface area contributed by atoms with Crippen LogP contribution in [0.3, 0.4) is 0 Å². The van der Waals surface area contributed by atoms with E-state index in [0.29, 0.717) is 0 Å². The van der Waals surface area contributed by atoms with Crippen molar-refractivity contribution in [2.24, 2.45) is 4.99 Å². The first-order valence-electron chi connectivity index (χ1n) is 5.69. The molecule has 2 heterocycles. The Morgan fingerprint density at radius 2 is 2.00 bits per heavy atom. The van der Waals surface area contributed by atoms with Crippen molar-refractivity contribution >= 4 is 17.4 Å². The Morgan fingerprint density at radius 1 is 1.24 bits per heavy atom. The minimum Gasteiger partial charge on any atom is -0.329 e. The van der Waals surface area contributed by atoms with Gasteiger partial charge in [-0.2, -0.15) is 0 Å². The number of nitrogens with zero attached hydrogens (tertiary/aromatic N) is 2. The van der Waals surface area contributed by atoms with E-state index in [1.165, 1.54) is 11.1 Å². The lowest BCUT2D eigenvalue weighted by atomic mass is 10.1. The minimum absolute atomic E-state index is 0.217. The van der Waals surface area contributed by atoms with Gasteiger partial charge in [-0.25, -0.2) is 0 Å². The lowest BCUT2D eigenvalue weighted by Crippen LogP contribution is -2.22. The highest BCUT2D eigenvalue weighted by Crippen LogP contribution is 2.28. The Hall–Kier alpha value is -1.54. The summed E-state index contributed by atoms with van der Waals surface area (Å²) in [4.78, 5) is 6.80. The average Bonchev–Trinajstić information content (AvgIpc) is 2.72. The molecule has 0 saturated carbocycles. The zero-order valence-corrected chi connectivity index (χ0v) is 10.4. The Morgan fingerprint density at radius 3 is 2.76 bits per heavy atom. The third-order valence-electron chi connectivity index (χ3n) is 3.08. The first-order valence-corrected chi connectivity index (χ1v) is 6.06. The number of amidine groups is 1. The van der Waals surface area contributed by atoms with Crippen molar-refractivity contribution in [3.8, 4) is 0 Å². The second kappa shape index (κ2) is 4.04. The molecule has 2 nitrogen and oxygen atoms in total. The maximum atomic E-state index is 5.98. The van der Waals surface area contributed by atoms with Gasteiger partial charge in [-0.05, 0) is 24.6 Å². The number of hydrogen-bond donors (Lipinski definition) is 0. The van der Waals surface area contributed by atoms with E-state index in [4.69, 9.17) is 16.6 Å². The van der Waals surface area contributed by atoms with E-state index < -0.39 is 0 Å². The summed E-state index contributed by atoms with van der Waals surface area (Å²) in [6.45, 7) is 2.97. The molecule has 3 heteroatoms. The summed E-state index contributed by atoms with van der Waals surface area (Å²) in [6.07, 6.45) is 5.79. The zero-order valence-electron chi connectivity index (χ0n) is 9.60. The summed E-state index contributed by atoms with van der Waals surface area (Å²) in [7, 11) is 0. The number of benzene rings is 1. The third-order valence-corrected chi connectivity index (χ3v) is 3.31. The highest BCUT2D eigenvalue weighted by atomic mass is 35.5. The van der Waals surface area contributed by atoms with Gasteiger partial charge in [0, 0.05) is 6.20 Å². The van der Waals surface area contributed by atoms with E-state index >= 15 is 0 Å². The van der Waals surface area contributed by atoms with Gasteiger partial charge >= 0.3 is 0 Å². The number of aryl methyl sites for hydroxylation is 1. The van der Waals surface area contributed by atoms with Gasteiger partial charge in [-0.3, -0.25) is 4.99 Å². The highest BCUT2D eigenvalue weighted by Gasteiger charge is 2.25. The monoisotopic (exact) mass is 244 g/mol. The molecule has 0 radical (unpaired) electrons. The number of fused-ring (bicyclic) bond motifs is 1. The molecule has 0 fully saturated rings. The third kappa shape index (κ3) is 2.01. The summed E-state index contributed by atoms with van der Waals surface area (Å²) in [5.74, 6) is 1.000. The molecule has 0 aliphatic carbocycles. The Bertz CT molecular complexity index is 526. The largest absolute Gasteiger partial charge is 0.329 e. The summed E-state index contributed by atoms with van der Waals surface area (Å²) in [6, 6.07) is 8.78. The van der Waals surface area contributed by atoms with Gasteiger partial charge in [-0.1, -0.05) is 41.4 Å². The zero-order chi connectivity index (χ0) is 11.8. The standard InChI is InChI=1S/C14H13ClN2/c1-10-2-4-11(5-3-10)13-9-17-8-12(15)6-7-14(17)16-13/h2-8,13H,9H2,1H3. The molecule has 2 aliphatic rings. The van der Waals surface area contributed by atoms with Crippen molar-refractivity contribution in [1.82, 2.24) is 4.90 Å². The van der Waals surface area contributed by atoms with Gasteiger partial charge in [0.1, 0.15) is 5.84 Å². The van der Waals surface area contributed by atoms with E-state index in [9.17, 15) is 0 Å².